The molecule has 0 bridgehead atoms. The Morgan fingerprint density at radius 2 is 2.10 bits per heavy atom. The Labute approximate surface area is 123 Å². The number of likely N-dealkylation sites (tertiary alicyclic amines) is 1. The second-order valence-corrected chi connectivity index (χ2v) is 6.68. The molecule has 2 fully saturated rings. The SMILES string of the molecule is O=C(CSc1ccncc1)N1CCC(O)C12CCCC2. The summed E-state index contributed by atoms with van der Waals surface area (Å²) < 4.78 is 0. The van der Waals surface area contributed by atoms with Crippen molar-refractivity contribution in [2.45, 2.75) is 48.6 Å². The predicted molar refractivity (Wildman–Crippen MR) is 78.5 cm³/mol. The monoisotopic (exact) mass is 292 g/mol. The van der Waals surface area contributed by atoms with E-state index >= 15 is 0 Å². The van der Waals surface area contributed by atoms with E-state index in [4.69, 9.17) is 0 Å². The Hall–Kier alpha value is -1.07. The summed E-state index contributed by atoms with van der Waals surface area (Å²) in [6.45, 7) is 0.705. The van der Waals surface area contributed by atoms with Crippen molar-refractivity contribution in [1.29, 1.82) is 0 Å². The van der Waals surface area contributed by atoms with Gasteiger partial charge in [-0.2, -0.15) is 0 Å². The van der Waals surface area contributed by atoms with Gasteiger partial charge in [0, 0.05) is 23.8 Å². The highest BCUT2D eigenvalue weighted by molar-refractivity contribution is 8.00. The standard InChI is InChI=1S/C15H20N2O2S/c18-13-5-10-17(15(13)6-1-2-7-15)14(19)11-20-12-3-8-16-9-4-12/h3-4,8-9,13,18H,1-2,5-7,10-11H2. The van der Waals surface area contributed by atoms with Crippen LogP contribution in [0.3, 0.4) is 0 Å². The molecule has 1 atom stereocenters. The third kappa shape index (κ3) is 2.44. The highest BCUT2D eigenvalue weighted by atomic mass is 32.2. The summed E-state index contributed by atoms with van der Waals surface area (Å²) in [5.74, 6) is 0.601. The lowest BCUT2D eigenvalue weighted by Gasteiger charge is -2.37. The first-order valence-electron chi connectivity index (χ1n) is 7.24. The molecule has 5 heteroatoms. The average molecular weight is 292 g/mol. The van der Waals surface area contributed by atoms with Crippen molar-refractivity contribution in [2.24, 2.45) is 0 Å². The fourth-order valence-corrected chi connectivity index (χ4v) is 4.30. The first kappa shape index (κ1) is 13.9. The summed E-state index contributed by atoms with van der Waals surface area (Å²) in [6.07, 6.45) is 8.04. The van der Waals surface area contributed by atoms with Crippen LogP contribution < -0.4 is 0 Å². The number of amides is 1. The maximum atomic E-state index is 12.5. The molecule has 1 amide bonds. The zero-order valence-corrected chi connectivity index (χ0v) is 12.3. The number of hydrogen-bond donors (Lipinski definition) is 1. The summed E-state index contributed by atoms with van der Waals surface area (Å²) in [4.78, 5) is 19.5. The summed E-state index contributed by atoms with van der Waals surface area (Å²) in [5.41, 5.74) is -0.254. The first-order valence-corrected chi connectivity index (χ1v) is 8.22. The normalized spacial score (nSPS) is 24.4. The molecule has 1 saturated carbocycles. The quantitative estimate of drug-likeness (QED) is 0.867. The average Bonchev–Trinajstić information content (AvgIpc) is 3.08. The number of pyridine rings is 1. The van der Waals surface area contributed by atoms with E-state index < -0.39 is 0 Å². The van der Waals surface area contributed by atoms with Crippen molar-refractivity contribution in [3.63, 3.8) is 0 Å². The molecule has 1 aliphatic carbocycles. The van der Waals surface area contributed by atoms with Crippen LogP contribution in [0.5, 0.6) is 0 Å². The lowest BCUT2D eigenvalue weighted by atomic mass is 9.91. The van der Waals surface area contributed by atoms with Crippen molar-refractivity contribution in [3.8, 4) is 0 Å². The Morgan fingerprint density at radius 3 is 2.80 bits per heavy atom. The zero-order valence-electron chi connectivity index (χ0n) is 11.5. The molecule has 0 radical (unpaired) electrons. The number of hydrogen-bond acceptors (Lipinski definition) is 4. The minimum Gasteiger partial charge on any atom is -0.391 e. The van der Waals surface area contributed by atoms with Gasteiger partial charge in [0.15, 0.2) is 0 Å². The molecule has 3 rings (SSSR count). The fourth-order valence-electron chi connectivity index (χ4n) is 3.54. The van der Waals surface area contributed by atoms with Crippen LogP contribution in [0.2, 0.25) is 0 Å². The van der Waals surface area contributed by atoms with Gasteiger partial charge in [-0.3, -0.25) is 9.78 Å². The van der Waals surface area contributed by atoms with Crippen LogP contribution in [0.15, 0.2) is 29.4 Å². The third-order valence-corrected chi connectivity index (χ3v) is 5.56. The number of aromatic nitrogens is 1. The predicted octanol–water partition coefficient (Wildman–Crippen LogP) is 2.08. The minimum atomic E-state index is -0.333. The molecule has 1 unspecified atom stereocenters. The molecular weight excluding hydrogens is 272 g/mol. The number of aliphatic hydroxyl groups is 1. The van der Waals surface area contributed by atoms with Gasteiger partial charge in [-0.1, -0.05) is 12.8 Å². The fraction of sp³-hybridized carbons (Fsp3) is 0.600. The number of rotatable bonds is 3. The van der Waals surface area contributed by atoms with E-state index in [0.29, 0.717) is 12.3 Å². The Balaban J connectivity index is 1.65. The molecule has 1 saturated heterocycles. The smallest absolute Gasteiger partial charge is 0.233 e. The first-order chi connectivity index (χ1) is 9.72. The van der Waals surface area contributed by atoms with Crippen molar-refractivity contribution >= 4 is 17.7 Å². The molecule has 1 aromatic rings. The second-order valence-electron chi connectivity index (χ2n) is 5.63. The van der Waals surface area contributed by atoms with E-state index in [1.807, 2.05) is 17.0 Å². The van der Waals surface area contributed by atoms with E-state index in [9.17, 15) is 9.90 Å². The van der Waals surface area contributed by atoms with E-state index in [0.717, 1.165) is 37.0 Å². The van der Waals surface area contributed by atoms with Crippen LogP contribution in [0.1, 0.15) is 32.1 Å². The van der Waals surface area contributed by atoms with Gasteiger partial charge >= 0.3 is 0 Å². The highest BCUT2D eigenvalue weighted by Crippen LogP contribution is 2.43. The Bertz CT molecular complexity index is 474. The van der Waals surface area contributed by atoms with E-state index in [1.165, 1.54) is 0 Å². The van der Waals surface area contributed by atoms with Gasteiger partial charge in [0.1, 0.15) is 0 Å². The molecule has 1 spiro atoms. The van der Waals surface area contributed by atoms with Crippen LogP contribution >= 0.6 is 11.8 Å². The van der Waals surface area contributed by atoms with Crippen LogP contribution in [0, 0.1) is 0 Å². The lowest BCUT2D eigenvalue weighted by molar-refractivity contribution is -0.134. The highest BCUT2D eigenvalue weighted by Gasteiger charge is 2.51. The number of thioether (sulfide) groups is 1. The van der Waals surface area contributed by atoms with Gasteiger partial charge in [-0.25, -0.2) is 0 Å². The van der Waals surface area contributed by atoms with E-state index in [1.54, 1.807) is 24.2 Å². The third-order valence-electron chi connectivity index (χ3n) is 4.57. The molecule has 1 N–H and O–H groups in total. The van der Waals surface area contributed by atoms with Gasteiger partial charge in [0.25, 0.3) is 0 Å². The number of aliphatic hydroxyl groups excluding tert-OH is 1. The van der Waals surface area contributed by atoms with Crippen molar-refractivity contribution < 1.29 is 9.90 Å². The molecule has 1 aromatic heterocycles. The van der Waals surface area contributed by atoms with Gasteiger partial charge < -0.3 is 10.0 Å². The topological polar surface area (TPSA) is 53.4 Å². The largest absolute Gasteiger partial charge is 0.391 e. The molecular formula is C15H20N2O2S. The second kappa shape index (κ2) is 5.74. The zero-order chi connectivity index (χ0) is 14.0. The summed E-state index contributed by atoms with van der Waals surface area (Å²) in [6, 6.07) is 3.84. The molecule has 2 aliphatic rings. The molecule has 2 heterocycles. The van der Waals surface area contributed by atoms with Crippen LogP contribution in [-0.2, 0) is 4.79 Å². The van der Waals surface area contributed by atoms with Gasteiger partial charge in [0.05, 0.1) is 17.4 Å². The summed E-state index contributed by atoms with van der Waals surface area (Å²) >= 11 is 1.55. The Kier molecular flexibility index (Phi) is 3.98. The van der Waals surface area contributed by atoms with Crippen LogP contribution in [0.4, 0.5) is 0 Å². The lowest BCUT2D eigenvalue weighted by Crippen LogP contribution is -2.51. The number of carbonyl (C=O) groups excluding carboxylic acids is 1. The molecule has 0 aromatic carbocycles. The summed E-state index contributed by atoms with van der Waals surface area (Å²) in [7, 11) is 0. The molecule has 1 aliphatic heterocycles. The number of nitrogens with zero attached hydrogens (tertiary/aromatic N) is 2. The van der Waals surface area contributed by atoms with Crippen LogP contribution in [0.25, 0.3) is 0 Å². The van der Waals surface area contributed by atoms with Crippen molar-refractivity contribution in [3.05, 3.63) is 24.5 Å². The minimum absolute atomic E-state index is 0.158. The Morgan fingerprint density at radius 1 is 1.40 bits per heavy atom. The van der Waals surface area contributed by atoms with Crippen molar-refractivity contribution in [1.82, 2.24) is 9.88 Å². The van der Waals surface area contributed by atoms with E-state index in [2.05, 4.69) is 4.98 Å². The summed E-state index contributed by atoms with van der Waals surface area (Å²) in [5, 5.41) is 10.3. The van der Waals surface area contributed by atoms with Crippen molar-refractivity contribution in [2.75, 3.05) is 12.3 Å². The maximum absolute atomic E-state index is 12.5. The van der Waals surface area contributed by atoms with E-state index in [-0.39, 0.29) is 17.6 Å². The van der Waals surface area contributed by atoms with Gasteiger partial charge in [-0.05, 0) is 31.4 Å². The molecule has 20 heavy (non-hydrogen) atoms. The maximum Gasteiger partial charge on any atom is 0.233 e. The molecule has 108 valence electrons. The van der Waals surface area contributed by atoms with Gasteiger partial charge in [-0.15, -0.1) is 11.8 Å². The van der Waals surface area contributed by atoms with Gasteiger partial charge in [0.2, 0.25) is 5.91 Å². The number of carbonyl (C=O) groups is 1. The molecule has 4 nitrogen and oxygen atoms in total. The van der Waals surface area contributed by atoms with Crippen LogP contribution in [-0.4, -0.2) is 44.8 Å².